The van der Waals surface area contributed by atoms with Crippen LogP contribution in [0.4, 0.5) is 5.69 Å². The van der Waals surface area contributed by atoms with Gasteiger partial charge in [0.05, 0.1) is 37.6 Å². The van der Waals surface area contributed by atoms with E-state index < -0.39 is 0 Å². The molecule has 1 fully saturated rings. The summed E-state index contributed by atoms with van der Waals surface area (Å²) in [6.07, 6.45) is 3.08. The third-order valence-electron chi connectivity index (χ3n) is 4.48. The number of para-hydroxylation sites is 1. The summed E-state index contributed by atoms with van der Waals surface area (Å²) in [5.41, 5.74) is 5.51. The highest BCUT2D eigenvalue weighted by Crippen LogP contribution is 2.26. The first-order chi connectivity index (χ1) is 9.55. The standard InChI is InChI=1S/C17H26N3/c1-5-11-20(4)13-14(2)17(12-15(20)3)19-18-16-9-7-6-8-10-16/h5-10,14-15,18H,1,11-13H2,2-4H3/q+1/b19-17+/t14-,15+,20+/m0/s1. The molecule has 1 aliphatic rings. The fourth-order valence-electron chi connectivity index (χ4n) is 2.99. The summed E-state index contributed by atoms with van der Waals surface area (Å²) in [6.45, 7) is 10.6. The Hall–Kier alpha value is -1.61. The molecule has 20 heavy (non-hydrogen) atoms. The number of hydrazone groups is 1. The molecule has 0 aliphatic carbocycles. The number of hydrogen-bond acceptors (Lipinski definition) is 2. The average molecular weight is 272 g/mol. The van der Waals surface area contributed by atoms with E-state index in [0.29, 0.717) is 12.0 Å². The van der Waals surface area contributed by atoms with Gasteiger partial charge in [0.25, 0.3) is 0 Å². The van der Waals surface area contributed by atoms with Crippen molar-refractivity contribution in [2.75, 3.05) is 25.6 Å². The van der Waals surface area contributed by atoms with Gasteiger partial charge in [0.2, 0.25) is 0 Å². The monoisotopic (exact) mass is 272 g/mol. The van der Waals surface area contributed by atoms with Crippen molar-refractivity contribution < 1.29 is 4.48 Å². The zero-order valence-electron chi connectivity index (χ0n) is 12.8. The van der Waals surface area contributed by atoms with E-state index in [2.05, 4.69) is 38.0 Å². The Bertz CT molecular complexity index is 480. The Balaban J connectivity index is 2.06. The summed E-state index contributed by atoms with van der Waals surface area (Å²) >= 11 is 0. The molecule has 0 spiro atoms. The number of likely N-dealkylation sites (N-methyl/N-ethyl adjacent to an activating group) is 1. The number of hydrogen-bond donors (Lipinski definition) is 1. The number of likely N-dealkylation sites (tertiary alicyclic amines) is 1. The second kappa shape index (κ2) is 6.23. The van der Waals surface area contributed by atoms with Gasteiger partial charge in [-0.15, -0.1) is 0 Å². The minimum atomic E-state index is 0.507. The van der Waals surface area contributed by atoms with Gasteiger partial charge in [0.1, 0.15) is 0 Å². The molecule has 3 heteroatoms. The van der Waals surface area contributed by atoms with E-state index in [1.165, 1.54) is 5.71 Å². The van der Waals surface area contributed by atoms with Crippen LogP contribution in [0.5, 0.6) is 0 Å². The van der Waals surface area contributed by atoms with Gasteiger partial charge in [-0.05, 0) is 25.1 Å². The van der Waals surface area contributed by atoms with Crippen LogP contribution in [0.3, 0.4) is 0 Å². The Kier molecular flexibility index (Phi) is 4.61. The first-order valence-corrected chi connectivity index (χ1v) is 7.38. The van der Waals surface area contributed by atoms with Crippen LogP contribution in [0.2, 0.25) is 0 Å². The molecular weight excluding hydrogens is 246 g/mol. The third-order valence-corrected chi connectivity index (χ3v) is 4.48. The summed E-state index contributed by atoms with van der Waals surface area (Å²) in [7, 11) is 2.32. The van der Waals surface area contributed by atoms with Crippen LogP contribution in [-0.2, 0) is 0 Å². The lowest BCUT2D eigenvalue weighted by atomic mass is 9.90. The van der Waals surface area contributed by atoms with E-state index in [4.69, 9.17) is 0 Å². The molecular formula is C17H26N3+. The van der Waals surface area contributed by atoms with Crippen molar-refractivity contribution >= 4 is 11.4 Å². The molecule has 0 saturated carbocycles. The second-order valence-corrected chi connectivity index (χ2v) is 6.17. The summed E-state index contributed by atoms with van der Waals surface area (Å²) in [5, 5.41) is 4.64. The highest BCUT2D eigenvalue weighted by molar-refractivity contribution is 5.88. The highest BCUT2D eigenvalue weighted by Gasteiger charge is 2.38. The van der Waals surface area contributed by atoms with Crippen LogP contribution < -0.4 is 5.43 Å². The molecule has 3 atom stereocenters. The van der Waals surface area contributed by atoms with Crippen molar-refractivity contribution in [1.82, 2.24) is 0 Å². The van der Waals surface area contributed by atoms with Crippen LogP contribution in [-0.4, -0.2) is 36.4 Å². The third kappa shape index (κ3) is 3.28. The first-order valence-electron chi connectivity index (χ1n) is 7.38. The smallest absolute Gasteiger partial charge is 0.0971 e. The van der Waals surface area contributed by atoms with Gasteiger partial charge in [0, 0.05) is 12.3 Å². The summed E-state index contributed by atoms with van der Waals surface area (Å²) in [6, 6.07) is 10.7. The lowest BCUT2D eigenvalue weighted by Crippen LogP contribution is -2.58. The van der Waals surface area contributed by atoms with Crippen LogP contribution in [0, 0.1) is 5.92 Å². The second-order valence-electron chi connectivity index (χ2n) is 6.17. The van der Waals surface area contributed by atoms with Gasteiger partial charge in [-0.25, -0.2) is 0 Å². The number of quaternary nitrogens is 1. The lowest BCUT2D eigenvalue weighted by molar-refractivity contribution is -0.930. The van der Waals surface area contributed by atoms with E-state index in [-0.39, 0.29) is 0 Å². The van der Waals surface area contributed by atoms with Gasteiger partial charge in [-0.1, -0.05) is 31.7 Å². The SMILES string of the molecule is C=CC[N@+]1(C)C[C@H](C)/C(=N/Nc2ccccc2)C[C@H]1C. The van der Waals surface area contributed by atoms with Crippen LogP contribution >= 0.6 is 0 Å². The Morgan fingerprint density at radius 3 is 2.70 bits per heavy atom. The van der Waals surface area contributed by atoms with Crippen LogP contribution in [0.1, 0.15) is 20.3 Å². The van der Waals surface area contributed by atoms with Crippen LogP contribution in [0.15, 0.2) is 48.1 Å². The maximum atomic E-state index is 4.64. The van der Waals surface area contributed by atoms with Gasteiger partial charge >= 0.3 is 0 Å². The van der Waals surface area contributed by atoms with Crippen molar-refractivity contribution in [2.45, 2.75) is 26.3 Å². The number of nitrogens with zero attached hydrogens (tertiary/aromatic N) is 2. The lowest BCUT2D eigenvalue weighted by Gasteiger charge is -2.45. The number of anilines is 1. The molecule has 1 heterocycles. The molecule has 1 N–H and O–H groups in total. The summed E-state index contributed by atoms with van der Waals surface area (Å²) in [4.78, 5) is 0. The quantitative estimate of drug-likeness (QED) is 0.506. The predicted molar refractivity (Wildman–Crippen MR) is 86.9 cm³/mol. The fraction of sp³-hybridized carbons (Fsp3) is 0.471. The van der Waals surface area contributed by atoms with Crippen molar-refractivity contribution in [3.05, 3.63) is 43.0 Å². The normalized spacial score (nSPS) is 32.0. The fourth-order valence-corrected chi connectivity index (χ4v) is 2.99. The van der Waals surface area contributed by atoms with Gasteiger partial charge < -0.3 is 4.48 Å². The van der Waals surface area contributed by atoms with Crippen LogP contribution in [0.25, 0.3) is 0 Å². The molecule has 0 unspecified atom stereocenters. The topological polar surface area (TPSA) is 24.4 Å². The molecule has 0 aromatic heterocycles. The number of piperidine rings is 1. The number of benzene rings is 1. The molecule has 1 aromatic carbocycles. The van der Waals surface area contributed by atoms with E-state index in [1.807, 2.05) is 36.4 Å². The van der Waals surface area contributed by atoms with E-state index in [1.54, 1.807) is 0 Å². The number of nitrogens with one attached hydrogen (secondary N) is 1. The average Bonchev–Trinajstić information content (AvgIpc) is 2.43. The van der Waals surface area contributed by atoms with Crippen molar-refractivity contribution in [1.29, 1.82) is 0 Å². The van der Waals surface area contributed by atoms with Crippen molar-refractivity contribution in [3.8, 4) is 0 Å². The van der Waals surface area contributed by atoms with Crippen molar-refractivity contribution in [3.63, 3.8) is 0 Å². The zero-order chi connectivity index (χ0) is 14.6. The molecule has 1 aromatic rings. The van der Waals surface area contributed by atoms with Crippen molar-refractivity contribution in [2.24, 2.45) is 11.0 Å². The van der Waals surface area contributed by atoms with E-state index >= 15 is 0 Å². The Morgan fingerprint density at radius 2 is 2.05 bits per heavy atom. The predicted octanol–water partition coefficient (Wildman–Crippen LogP) is 3.52. The minimum Gasteiger partial charge on any atom is -0.320 e. The molecule has 0 amide bonds. The van der Waals surface area contributed by atoms with Gasteiger partial charge in [-0.3, -0.25) is 5.43 Å². The summed E-state index contributed by atoms with van der Waals surface area (Å²) in [5.74, 6) is 0.507. The molecule has 0 bridgehead atoms. The molecule has 1 saturated heterocycles. The molecule has 0 radical (unpaired) electrons. The summed E-state index contributed by atoms with van der Waals surface area (Å²) < 4.78 is 1.06. The van der Waals surface area contributed by atoms with E-state index in [0.717, 1.165) is 29.7 Å². The molecule has 3 nitrogen and oxygen atoms in total. The minimum absolute atomic E-state index is 0.507. The maximum absolute atomic E-state index is 4.64. The van der Waals surface area contributed by atoms with Gasteiger partial charge in [-0.2, -0.15) is 5.10 Å². The molecule has 108 valence electrons. The Labute approximate surface area is 122 Å². The first kappa shape index (κ1) is 14.8. The Morgan fingerprint density at radius 1 is 1.35 bits per heavy atom. The number of rotatable bonds is 4. The molecule has 2 rings (SSSR count). The van der Waals surface area contributed by atoms with Gasteiger partial charge in [0.15, 0.2) is 0 Å². The van der Waals surface area contributed by atoms with E-state index in [9.17, 15) is 0 Å². The molecule has 1 aliphatic heterocycles. The highest BCUT2D eigenvalue weighted by atomic mass is 15.4. The maximum Gasteiger partial charge on any atom is 0.0971 e. The largest absolute Gasteiger partial charge is 0.320 e. The zero-order valence-corrected chi connectivity index (χ0v) is 12.8.